The van der Waals surface area contributed by atoms with Gasteiger partial charge in [0.1, 0.15) is 11.4 Å². The highest BCUT2D eigenvalue weighted by Gasteiger charge is 2.23. The smallest absolute Gasteiger partial charge is 0.262 e. The molecule has 0 aromatic carbocycles. The van der Waals surface area contributed by atoms with E-state index < -0.39 is 0 Å². The van der Waals surface area contributed by atoms with Gasteiger partial charge in [0.2, 0.25) is 5.91 Å². The third-order valence-corrected chi connectivity index (χ3v) is 4.69. The van der Waals surface area contributed by atoms with Crippen LogP contribution in [0.1, 0.15) is 19.3 Å². The average molecular weight is 307 g/mol. The van der Waals surface area contributed by atoms with E-state index in [9.17, 15) is 14.7 Å². The lowest BCUT2D eigenvalue weighted by molar-refractivity contribution is -0.121. The monoisotopic (exact) mass is 307 g/mol. The fraction of sp³-hybridized carbons (Fsp3) is 0.500. The van der Waals surface area contributed by atoms with E-state index in [-0.39, 0.29) is 24.1 Å². The molecule has 2 N–H and O–H groups in total. The van der Waals surface area contributed by atoms with Crippen molar-refractivity contribution in [2.24, 2.45) is 5.92 Å². The maximum atomic E-state index is 12.1. The summed E-state index contributed by atoms with van der Waals surface area (Å²) < 4.78 is 1.33. The lowest BCUT2D eigenvalue weighted by Crippen LogP contribution is -2.34. The van der Waals surface area contributed by atoms with E-state index in [4.69, 9.17) is 0 Å². The third-order valence-electron chi connectivity index (χ3n) is 3.87. The quantitative estimate of drug-likeness (QED) is 0.872. The number of thiophene rings is 1. The van der Waals surface area contributed by atoms with Gasteiger partial charge in [-0.2, -0.15) is 0 Å². The Hall–Kier alpha value is -1.73. The summed E-state index contributed by atoms with van der Waals surface area (Å²) in [5.74, 6) is 0.132. The van der Waals surface area contributed by atoms with Crippen LogP contribution in [-0.4, -0.2) is 33.2 Å². The topological polar surface area (TPSA) is 84.2 Å². The predicted molar refractivity (Wildman–Crippen MR) is 80.2 cm³/mol. The summed E-state index contributed by atoms with van der Waals surface area (Å²) in [6.07, 6.45) is 3.66. The highest BCUT2D eigenvalue weighted by atomic mass is 32.1. The van der Waals surface area contributed by atoms with E-state index in [0.717, 1.165) is 19.3 Å². The zero-order valence-corrected chi connectivity index (χ0v) is 12.3. The van der Waals surface area contributed by atoms with Crippen molar-refractivity contribution in [2.45, 2.75) is 31.9 Å². The van der Waals surface area contributed by atoms with Crippen molar-refractivity contribution in [3.05, 3.63) is 28.1 Å². The lowest BCUT2D eigenvalue weighted by Gasteiger charge is -2.11. The van der Waals surface area contributed by atoms with Gasteiger partial charge in [-0.05, 0) is 36.6 Å². The molecule has 7 heteroatoms. The molecule has 2 heterocycles. The van der Waals surface area contributed by atoms with Crippen molar-refractivity contribution in [1.29, 1.82) is 0 Å². The number of fused-ring (bicyclic) bond motifs is 1. The van der Waals surface area contributed by atoms with E-state index in [1.54, 1.807) is 6.07 Å². The van der Waals surface area contributed by atoms with E-state index in [2.05, 4.69) is 10.3 Å². The molecule has 2 atom stereocenters. The zero-order valence-electron chi connectivity index (χ0n) is 11.5. The normalized spacial score (nSPS) is 21.8. The Kier molecular flexibility index (Phi) is 4.03. The van der Waals surface area contributed by atoms with Crippen LogP contribution in [0.4, 0.5) is 0 Å². The molecule has 0 radical (unpaired) electrons. The number of nitrogens with zero attached hydrogens (tertiary/aromatic N) is 2. The molecule has 2 unspecified atom stereocenters. The Bertz CT molecular complexity index is 709. The number of amides is 1. The standard InChI is InChI=1S/C14H17N3O3S/c18-10-2-1-9(5-10)6-15-12(19)7-17-8-16-13-11(14(17)20)3-4-21-13/h3-4,8-10,18H,1-2,5-7H2,(H,15,19). The number of carbonyl (C=O) groups is 1. The average Bonchev–Trinajstić information content (AvgIpc) is 3.09. The van der Waals surface area contributed by atoms with E-state index in [1.165, 1.54) is 22.2 Å². The first-order valence-electron chi connectivity index (χ1n) is 7.01. The highest BCUT2D eigenvalue weighted by Crippen LogP contribution is 2.24. The first kappa shape index (κ1) is 14.2. The minimum atomic E-state index is -0.236. The predicted octanol–water partition coefficient (Wildman–Crippen LogP) is 0.735. The summed E-state index contributed by atoms with van der Waals surface area (Å²) in [6, 6.07) is 1.73. The minimum Gasteiger partial charge on any atom is -0.393 e. The first-order chi connectivity index (χ1) is 10.1. The fourth-order valence-corrected chi connectivity index (χ4v) is 3.43. The van der Waals surface area contributed by atoms with E-state index in [0.29, 0.717) is 22.7 Å². The number of aliphatic hydroxyl groups excluding tert-OH is 1. The molecule has 1 aliphatic rings. The van der Waals surface area contributed by atoms with Crippen molar-refractivity contribution in [3.63, 3.8) is 0 Å². The maximum Gasteiger partial charge on any atom is 0.262 e. The van der Waals surface area contributed by atoms with Crippen LogP contribution < -0.4 is 10.9 Å². The molecule has 21 heavy (non-hydrogen) atoms. The van der Waals surface area contributed by atoms with Gasteiger partial charge in [0, 0.05) is 6.54 Å². The number of aliphatic hydroxyl groups is 1. The van der Waals surface area contributed by atoms with Crippen LogP contribution in [0.3, 0.4) is 0 Å². The fourth-order valence-electron chi connectivity index (χ4n) is 2.71. The molecule has 0 bridgehead atoms. The van der Waals surface area contributed by atoms with Crippen LogP contribution in [0.2, 0.25) is 0 Å². The number of carbonyl (C=O) groups excluding carboxylic acids is 1. The van der Waals surface area contributed by atoms with Crippen LogP contribution in [0.25, 0.3) is 10.2 Å². The van der Waals surface area contributed by atoms with Gasteiger partial charge in [-0.3, -0.25) is 14.2 Å². The Balaban J connectivity index is 1.61. The first-order valence-corrected chi connectivity index (χ1v) is 7.89. The molecule has 0 aliphatic heterocycles. The Labute approximate surface area is 125 Å². The van der Waals surface area contributed by atoms with Gasteiger partial charge in [0.05, 0.1) is 17.8 Å². The molecule has 1 saturated carbocycles. The van der Waals surface area contributed by atoms with Crippen molar-refractivity contribution in [1.82, 2.24) is 14.9 Å². The van der Waals surface area contributed by atoms with Gasteiger partial charge in [0.15, 0.2) is 0 Å². The summed E-state index contributed by atoms with van der Waals surface area (Å²) in [7, 11) is 0. The Morgan fingerprint density at radius 1 is 1.52 bits per heavy atom. The molecule has 1 aliphatic carbocycles. The van der Waals surface area contributed by atoms with Gasteiger partial charge >= 0.3 is 0 Å². The molecule has 0 saturated heterocycles. The molecule has 1 amide bonds. The summed E-state index contributed by atoms with van der Waals surface area (Å²) >= 11 is 1.41. The van der Waals surface area contributed by atoms with E-state index >= 15 is 0 Å². The number of hydrogen-bond donors (Lipinski definition) is 2. The Morgan fingerprint density at radius 3 is 3.14 bits per heavy atom. The summed E-state index contributed by atoms with van der Waals surface area (Å²) in [6.45, 7) is 0.533. The lowest BCUT2D eigenvalue weighted by atomic mass is 10.1. The zero-order chi connectivity index (χ0) is 14.8. The number of nitrogens with one attached hydrogen (secondary N) is 1. The highest BCUT2D eigenvalue weighted by molar-refractivity contribution is 7.16. The number of aromatic nitrogens is 2. The molecule has 2 aromatic rings. The second-order valence-corrected chi connectivity index (χ2v) is 6.35. The van der Waals surface area contributed by atoms with Gasteiger partial charge < -0.3 is 10.4 Å². The molecule has 1 fully saturated rings. The number of rotatable bonds is 4. The summed E-state index contributed by atoms with van der Waals surface area (Å²) in [4.78, 5) is 28.9. The van der Waals surface area contributed by atoms with Gasteiger partial charge in [-0.25, -0.2) is 4.98 Å². The SMILES string of the molecule is O=C(Cn1cnc2sccc2c1=O)NCC1CCC(O)C1. The van der Waals surface area contributed by atoms with Crippen LogP contribution in [-0.2, 0) is 11.3 Å². The van der Waals surface area contributed by atoms with Crippen molar-refractivity contribution < 1.29 is 9.90 Å². The van der Waals surface area contributed by atoms with Gasteiger partial charge in [-0.1, -0.05) is 0 Å². The third kappa shape index (κ3) is 3.14. The molecule has 2 aromatic heterocycles. The molecular formula is C14H17N3O3S. The van der Waals surface area contributed by atoms with Crippen molar-refractivity contribution in [3.8, 4) is 0 Å². The maximum absolute atomic E-state index is 12.1. The molecule has 6 nitrogen and oxygen atoms in total. The summed E-state index contributed by atoms with van der Waals surface area (Å²) in [5.41, 5.74) is -0.187. The van der Waals surface area contributed by atoms with Gasteiger partial charge in [0.25, 0.3) is 5.56 Å². The van der Waals surface area contributed by atoms with Crippen LogP contribution in [0.5, 0.6) is 0 Å². The van der Waals surface area contributed by atoms with Crippen LogP contribution in [0.15, 0.2) is 22.6 Å². The second kappa shape index (κ2) is 5.95. The number of hydrogen-bond acceptors (Lipinski definition) is 5. The molecule has 0 spiro atoms. The largest absolute Gasteiger partial charge is 0.393 e. The minimum absolute atomic E-state index is 0.0209. The second-order valence-electron chi connectivity index (χ2n) is 5.45. The Morgan fingerprint density at radius 2 is 2.38 bits per heavy atom. The van der Waals surface area contributed by atoms with Crippen LogP contribution in [0, 0.1) is 5.92 Å². The summed E-state index contributed by atoms with van der Waals surface area (Å²) in [5, 5.41) is 14.6. The van der Waals surface area contributed by atoms with Gasteiger partial charge in [-0.15, -0.1) is 11.3 Å². The molecular weight excluding hydrogens is 290 g/mol. The van der Waals surface area contributed by atoms with Crippen LogP contribution >= 0.6 is 11.3 Å². The van der Waals surface area contributed by atoms with Crippen molar-refractivity contribution >= 4 is 27.5 Å². The molecule has 3 rings (SSSR count). The van der Waals surface area contributed by atoms with E-state index in [1.807, 2.05) is 5.38 Å². The van der Waals surface area contributed by atoms with Crippen molar-refractivity contribution in [2.75, 3.05) is 6.54 Å². The molecule has 112 valence electrons.